The summed E-state index contributed by atoms with van der Waals surface area (Å²) in [4.78, 5) is 26.0. The van der Waals surface area contributed by atoms with Crippen molar-refractivity contribution < 1.29 is 9.59 Å². The van der Waals surface area contributed by atoms with Crippen LogP contribution in [0.4, 0.5) is 5.69 Å². The fraction of sp³-hybridized carbons (Fsp3) is 0.529. The van der Waals surface area contributed by atoms with E-state index in [0.29, 0.717) is 0 Å². The Morgan fingerprint density at radius 2 is 1.90 bits per heavy atom. The van der Waals surface area contributed by atoms with Crippen molar-refractivity contribution in [3.8, 4) is 0 Å². The molecule has 1 N–H and O–H groups in total. The third-order valence-corrected chi connectivity index (χ3v) is 4.04. The lowest BCUT2D eigenvalue weighted by Gasteiger charge is -2.19. The Labute approximate surface area is 126 Å². The van der Waals surface area contributed by atoms with Crippen molar-refractivity contribution in [3.63, 3.8) is 0 Å². The Hall–Kier alpha value is -1.84. The lowest BCUT2D eigenvalue weighted by molar-refractivity contribution is -0.126. The molecule has 1 atom stereocenters. The molecule has 0 aliphatic carbocycles. The van der Waals surface area contributed by atoms with Gasteiger partial charge in [-0.2, -0.15) is 0 Å². The number of carbonyl (C=O) groups excluding carboxylic acids is 2. The number of anilines is 1. The Balaban J connectivity index is 2.41. The SMILES string of the molecule is CCCCCN1C(=O)C(NC(C)=O)c2c(C)ccc(C)c21. The van der Waals surface area contributed by atoms with Gasteiger partial charge in [-0.15, -0.1) is 0 Å². The van der Waals surface area contributed by atoms with Crippen LogP contribution in [0.25, 0.3) is 0 Å². The molecule has 0 saturated heterocycles. The molecule has 0 saturated carbocycles. The molecule has 1 heterocycles. The van der Waals surface area contributed by atoms with Crippen LogP contribution in [0.1, 0.15) is 55.8 Å². The van der Waals surface area contributed by atoms with Gasteiger partial charge in [0.1, 0.15) is 6.04 Å². The summed E-state index contributed by atoms with van der Waals surface area (Å²) in [6.07, 6.45) is 3.22. The van der Waals surface area contributed by atoms with Gasteiger partial charge in [0.25, 0.3) is 5.91 Å². The predicted octanol–water partition coefficient (Wildman–Crippen LogP) is 3.02. The van der Waals surface area contributed by atoms with Gasteiger partial charge >= 0.3 is 0 Å². The van der Waals surface area contributed by atoms with Gasteiger partial charge in [-0.1, -0.05) is 31.9 Å². The van der Waals surface area contributed by atoms with Gasteiger partial charge in [0.2, 0.25) is 5.91 Å². The average Bonchev–Trinajstić information content (AvgIpc) is 2.69. The second kappa shape index (κ2) is 6.29. The summed E-state index contributed by atoms with van der Waals surface area (Å²) < 4.78 is 0. The zero-order chi connectivity index (χ0) is 15.6. The molecule has 2 rings (SSSR count). The Morgan fingerprint density at radius 1 is 1.24 bits per heavy atom. The van der Waals surface area contributed by atoms with E-state index in [-0.39, 0.29) is 11.8 Å². The number of hydrogen-bond donors (Lipinski definition) is 1. The minimum atomic E-state index is -0.529. The molecule has 4 heteroatoms. The summed E-state index contributed by atoms with van der Waals surface area (Å²) in [5.41, 5.74) is 4.11. The number of carbonyl (C=O) groups is 2. The van der Waals surface area contributed by atoms with Crippen LogP contribution >= 0.6 is 0 Å². The van der Waals surface area contributed by atoms with Gasteiger partial charge in [0.15, 0.2) is 0 Å². The van der Waals surface area contributed by atoms with E-state index in [4.69, 9.17) is 0 Å². The van der Waals surface area contributed by atoms with Gasteiger partial charge < -0.3 is 10.2 Å². The number of rotatable bonds is 5. The lowest BCUT2D eigenvalue weighted by Crippen LogP contribution is -2.37. The molecule has 0 aromatic heterocycles. The van der Waals surface area contributed by atoms with E-state index in [1.54, 1.807) is 0 Å². The van der Waals surface area contributed by atoms with Gasteiger partial charge in [-0.05, 0) is 31.4 Å². The number of unbranched alkanes of at least 4 members (excludes halogenated alkanes) is 2. The highest BCUT2D eigenvalue weighted by Crippen LogP contribution is 2.40. The van der Waals surface area contributed by atoms with Gasteiger partial charge in [0, 0.05) is 19.0 Å². The van der Waals surface area contributed by atoms with E-state index in [1.807, 2.05) is 30.9 Å². The molecule has 114 valence electrons. The number of amides is 2. The topological polar surface area (TPSA) is 49.4 Å². The van der Waals surface area contributed by atoms with Crippen LogP contribution in [0.2, 0.25) is 0 Å². The number of nitrogens with one attached hydrogen (secondary N) is 1. The molecular weight excluding hydrogens is 264 g/mol. The van der Waals surface area contributed by atoms with Crippen molar-refractivity contribution in [1.29, 1.82) is 0 Å². The van der Waals surface area contributed by atoms with Gasteiger partial charge in [0.05, 0.1) is 5.69 Å². The fourth-order valence-corrected chi connectivity index (χ4v) is 3.01. The standard InChI is InChI=1S/C17H24N2O2/c1-5-6-7-10-19-16-12(3)9-8-11(2)14(16)15(17(19)21)18-13(4)20/h8-9,15H,5-7,10H2,1-4H3,(H,18,20). The molecule has 1 aromatic rings. The first kappa shape index (κ1) is 15.5. The van der Waals surface area contributed by atoms with Gasteiger partial charge in [-0.25, -0.2) is 0 Å². The van der Waals surface area contributed by atoms with Crippen LogP contribution in [0.3, 0.4) is 0 Å². The van der Waals surface area contributed by atoms with Crippen molar-refractivity contribution >= 4 is 17.5 Å². The summed E-state index contributed by atoms with van der Waals surface area (Å²) in [6, 6.07) is 3.54. The van der Waals surface area contributed by atoms with Crippen LogP contribution < -0.4 is 10.2 Å². The van der Waals surface area contributed by atoms with Crippen molar-refractivity contribution in [2.75, 3.05) is 11.4 Å². The predicted molar refractivity (Wildman–Crippen MR) is 84.4 cm³/mol. The molecule has 1 aliphatic heterocycles. The largest absolute Gasteiger partial charge is 0.341 e. The van der Waals surface area contributed by atoms with E-state index in [0.717, 1.165) is 48.2 Å². The molecule has 0 fully saturated rings. The van der Waals surface area contributed by atoms with Crippen LogP contribution in [0.15, 0.2) is 12.1 Å². The van der Waals surface area contributed by atoms with Crippen LogP contribution in [0.5, 0.6) is 0 Å². The smallest absolute Gasteiger partial charge is 0.254 e. The maximum atomic E-state index is 12.7. The minimum Gasteiger partial charge on any atom is -0.341 e. The molecular formula is C17H24N2O2. The summed E-state index contributed by atoms with van der Waals surface area (Å²) in [5, 5.41) is 2.81. The number of nitrogens with zero attached hydrogens (tertiary/aromatic N) is 1. The van der Waals surface area contributed by atoms with Crippen molar-refractivity contribution in [2.45, 2.75) is 53.0 Å². The van der Waals surface area contributed by atoms with E-state index in [9.17, 15) is 9.59 Å². The highest BCUT2D eigenvalue weighted by molar-refractivity contribution is 6.07. The summed E-state index contributed by atoms with van der Waals surface area (Å²) in [6.45, 7) is 8.34. The minimum absolute atomic E-state index is 0.00583. The second-order valence-corrected chi connectivity index (χ2v) is 5.79. The van der Waals surface area contributed by atoms with Crippen LogP contribution in [-0.4, -0.2) is 18.4 Å². The van der Waals surface area contributed by atoms with Crippen LogP contribution in [0, 0.1) is 13.8 Å². The first-order chi connectivity index (χ1) is 9.97. The molecule has 1 unspecified atom stereocenters. The number of benzene rings is 1. The lowest BCUT2D eigenvalue weighted by atomic mass is 9.99. The third kappa shape index (κ3) is 2.94. The molecule has 1 aromatic carbocycles. The molecule has 0 radical (unpaired) electrons. The zero-order valence-corrected chi connectivity index (χ0v) is 13.3. The Kier molecular flexibility index (Phi) is 4.66. The van der Waals surface area contributed by atoms with Crippen molar-refractivity contribution in [1.82, 2.24) is 5.32 Å². The highest BCUT2D eigenvalue weighted by atomic mass is 16.2. The Morgan fingerprint density at radius 3 is 2.52 bits per heavy atom. The molecule has 0 bridgehead atoms. The molecule has 0 spiro atoms. The maximum Gasteiger partial charge on any atom is 0.254 e. The second-order valence-electron chi connectivity index (χ2n) is 5.79. The molecule has 2 amide bonds. The number of aryl methyl sites for hydroxylation is 2. The van der Waals surface area contributed by atoms with E-state index in [2.05, 4.69) is 12.2 Å². The quantitative estimate of drug-likeness (QED) is 0.847. The molecule has 4 nitrogen and oxygen atoms in total. The zero-order valence-electron chi connectivity index (χ0n) is 13.3. The van der Waals surface area contributed by atoms with Gasteiger partial charge in [-0.3, -0.25) is 9.59 Å². The monoisotopic (exact) mass is 288 g/mol. The average molecular weight is 288 g/mol. The van der Waals surface area contributed by atoms with Crippen LogP contribution in [-0.2, 0) is 9.59 Å². The number of fused-ring (bicyclic) bond motifs is 1. The first-order valence-electron chi connectivity index (χ1n) is 7.66. The maximum absolute atomic E-state index is 12.7. The third-order valence-electron chi connectivity index (χ3n) is 4.04. The van der Waals surface area contributed by atoms with E-state index in [1.165, 1.54) is 6.92 Å². The highest BCUT2D eigenvalue weighted by Gasteiger charge is 2.39. The van der Waals surface area contributed by atoms with E-state index >= 15 is 0 Å². The Bertz CT molecular complexity index is 566. The normalized spacial score (nSPS) is 17.0. The first-order valence-corrected chi connectivity index (χ1v) is 7.66. The summed E-state index contributed by atoms with van der Waals surface area (Å²) in [5.74, 6) is -0.177. The summed E-state index contributed by atoms with van der Waals surface area (Å²) in [7, 11) is 0. The summed E-state index contributed by atoms with van der Waals surface area (Å²) >= 11 is 0. The number of hydrogen-bond acceptors (Lipinski definition) is 2. The van der Waals surface area contributed by atoms with Crippen molar-refractivity contribution in [3.05, 3.63) is 28.8 Å². The fourth-order valence-electron chi connectivity index (χ4n) is 3.01. The molecule has 1 aliphatic rings. The van der Waals surface area contributed by atoms with E-state index < -0.39 is 6.04 Å². The molecule has 21 heavy (non-hydrogen) atoms. The van der Waals surface area contributed by atoms with Crippen molar-refractivity contribution in [2.24, 2.45) is 0 Å².